The molecule has 0 saturated carbocycles. The van der Waals surface area contributed by atoms with Crippen molar-refractivity contribution in [3.05, 3.63) is 52.6 Å². The van der Waals surface area contributed by atoms with E-state index in [9.17, 15) is 9.50 Å². The van der Waals surface area contributed by atoms with Crippen LogP contribution in [0.4, 0.5) is 4.39 Å². The van der Waals surface area contributed by atoms with Crippen molar-refractivity contribution in [3.8, 4) is 0 Å². The highest BCUT2D eigenvalue weighted by atomic mass is 19.1. The molecule has 4 heteroatoms. The Kier molecular flexibility index (Phi) is 5.12. The van der Waals surface area contributed by atoms with Crippen LogP contribution in [0.25, 0.3) is 0 Å². The van der Waals surface area contributed by atoms with Crippen molar-refractivity contribution < 1.29 is 9.50 Å². The molecule has 0 aliphatic carbocycles. The summed E-state index contributed by atoms with van der Waals surface area (Å²) in [5, 5.41) is 14.9. The molecule has 1 aromatic heterocycles. The molecule has 1 N–H and O–H groups in total. The van der Waals surface area contributed by atoms with Gasteiger partial charge in [-0.2, -0.15) is 5.10 Å². The molecule has 0 aliphatic rings. The molecule has 114 valence electrons. The Morgan fingerprint density at radius 3 is 2.33 bits per heavy atom. The predicted molar refractivity (Wildman–Crippen MR) is 81.7 cm³/mol. The van der Waals surface area contributed by atoms with E-state index in [1.807, 2.05) is 11.6 Å². The minimum Gasteiger partial charge on any atom is -0.388 e. The molecule has 0 saturated heterocycles. The van der Waals surface area contributed by atoms with E-state index >= 15 is 0 Å². The Hall–Kier alpha value is -1.68. The van der Waals surface area contributed by atoms with Gasteiger partial charge in [0, 0.05) is 11.3 Å². The summed E-state index contributed by atoms with van der Waals surface area (Å²) in [6, 6.07) is 6.48. The van der Waals surface area contributed by atoms with Crippen LogP contribution in [0.15, 0.2) is 24.3 Å². The fourth-order valence-electron chi connectivity index (χ4n) is 2.68. The second-order valence-corrected chi connectivity index (χ2v) is 5.22. The average Bonchev–Trinajstić information content (AvgIpc) is 2.86. The Morgan fingerprint density at radius 1 is 1.14 bits per heavy atom. The lowest BCUT2D eigenvalue weighted by molar-refractivity contribution is 0.171. The van der Waals surface area contributed by atoms with Gasteiger partial charge in [0.05, 0.1) is 18.3 Å². The Balaban J connectivity index is 2.39. The van der Waals surface area contributed by atoms with E-state index in [0.717, 1.165) is 35.4 Å². The van der Waals surface area contributed by atoms with Crippen LogP contribution in [0, 0.1) is 5.82 Å². The molecule has 1 unspecified atom stereocenters. The molecule has 0 bridgehead atoms. The summed E-state index contributed by atoms with van der Waals surface area (Å²) >= 11 is 0. The van der Waals surface area contributed by atoms with E-state index in [1.165, 1.54) is 12.1 Å². The van der Waals surface area contributed by atoms with E-state index in [4.69, 9.17) is 0 Å². The summed E-state index contributed by atoms with van der Waals surface area (Å²) < 4.78 is 14.9. The van der Waals surface area contributed by atoms with Gasteiger partial charge in [-0.15, -0.1) is 0 Å². The summed E-state index contributed by atoms with van der Waals surface area (Å²) in [7, 11) is 0. The number of aliphatic hydroxyl groups is 1. The average molecular weight is 290 g/mol. The van der Waals surface area contributed by atoms with Crippen molar-refractivity contribution in [2.75, 3.05) is 0 Å². The van der Waals surface area contributed by atoms with Crippen LogP contribution in [0.3, 0.4) is 0 Å². The van der Waals surface area contributed by atoms with Crippen LogP contribution in [-0.2, 0) is 19.4 Å². The summed E-state index contributed by atoms with van der Waals surface area (Å²) in [6.07, 6.45) is 1.84. The lowest BCUT2D eigenvalue weighted by atomic mass is 10.0. The second-order valence-electron chi connectivity index (χ2n) is 5.22. The topological polar surface area (TPSA) is 38.0 Å². The van der Waals surface area contributed by atoms with Crippen LogP contribution in [0.2, 0.25) is 0 Å². The monoisotopic (exact) mass is 290 g/mol. The molecule has 0 fully saturated rings. The SMILES string of the molecule is CCc1nn(Cc2ccc(F)cc2)c(CC)c1C(O)CC. The lowest BCUT2D eigenvalue weighted by Gasteiger charge is -2.12. The molecule has 0 spiro atoms. The van der Waals surface area contributed by atoms with Crippen molar-refractivity contribution in [1.82, 2.24) is 9.78 Å². The maximum Gasteiger partial charge on any atom is 0.123 e. The minimum atomic E-state index is -0.461. The van der Waals surface area contributed by atoms with E-state index in [1.54, 1.807) is 12.1 Å². The van der Waals surface area contributed by atoms with Gasteiger partial charge >= 0.3 is 0 Å². The van der Waals surface area contributed by atoms with Crippen LogP contribution in [0.1, 0.15) is 55.8 Å². The second kappa shape index (κ2) is 6.85. The van der Waals surface area contributed by atoms with Gasteiger partial charge in [0.2, 0.25) is 0 Å². The number of aryl methyl sites for hydroxylation is 1. The molecule has 0 amide bonds. The molecule has 1 atom stereocenters. The normalized spacial score (nSPS) is 12.6. The summed E-state index contributed by atoms with van der Waals surface area (Å²) in [5.74, 6) is -0.230. The first kappa shape index (κ1) is 15.7. The molecule has 3 nitrogen and oxygen atoms in total. The van der Waals surface area contributed by atoms with E-state index in [-0.39, 0.29) is 5.82 Å². The Bertz CT molecular complexity index is 590. The van der Waals surface area contributed by atoms with Gasteiger partial charge in [0.1, 0.15) is 5.82 Å². The fraction of sp³-hybridized carbons (Fsp3) is 0.471. The van der Waals surface area contributed by atoms with Crippen molar-refractivity contribution in [2.45, 2.75) is 52.7 Å². The van der Waals surface area contributed by atoms with Crippen molar-refractivity contribution in [1.29, 1.82) is 0 Å². The van der Waals surface area contributed by atoms with E-state index in [2.05, 4.69) is 18.9 Å². The molecule has 21 heavy (non-hydrogen) atoms. The van der Waals surface area contributed by atoms with Gasteiger partial charge < -0.3 is 5.11 Å². The van der Waals surface area contributed by atoms with Gasteiger partial charge in [0.25, 0.3) is 0 Å². The number of halogens is 1. The summed E-state index contributed by atoms with van der Waals surface area (Å²) in [6.45, 7) is 6.70. The van der Waals surface area contributed by atoms with Gasteiger partial charge in [-0.1, -0.05) is 32.9 Å². The molecular formula is C17H23FN2O. The highest BCUT2D eigenvalue weighted by Crippen LogP contribution is 2.26. The van der Waals surface area contributed by atoms with Crippen molar-refractivity contribution >= 4 is 0 Å². The molecule has 1 heterocycles. The Labute approximate surface area is 125 Å². The molecule has 2 rings (SSSR count). The van der Waals surface area contributed by atoms with E-state index < -0.39 is 6.10 Å². The highest BCUT2D eigenvalue weighted by Gasteiger charge is 2.20. The molecular weight excluding hydrogens is 267 g/mol. The summed E-state index contributed by atoms with van der Waals surface area (Å²) in [5.41, 5.74) is 4.02. The highest BCUT2D eigenvalue weighted by molar-refractivity contribution is 5.30. The lowest BCUT2D eigenvalue weighted by Crippen LogP contribution is -2.08. The first-order valence-corrected chi connectivity index (χ1v) is 7.61. The fourth-order valence-corrected chi connectivity index (χ4v) is 2.68. The minimum absolute atomic E-state index is 0.230. The van der Waals surface area contributed by atoms with Gasteiger partial charge in [0.15, 0.2) is 0 Å². The predicted octanol–water partition coefficient (Wildman–Crippen LogP) is 3.64. The van der Waals surface area contributed by atoms with Gasteiger partial charge in [-0.05, 0) is 37.0 Å². The van der Waals surface area contributed by atoms with Crippen molar-refractivity contribution in [3.63, 3.8) is 0 Å². The zero-order chi connectivity index (χ0) is 15.4. The molecule has 0 aliphatic heterocycles. The third-order valence-electron chi connectivity index (χ3n) is 3.81. The van der Waals surface area contributed by atoms with Crippen LogP contribution >= 0.6 is 0 Å². The maximum atomic E-state index is 13.0. The smallest absolute Gasteiger partial charge is 0.123 e. The standard InChI is InChI=1S/C17H23FN2O/c1-4-14-17(16(21)6-3)15(5-2)20(19-14)11-12-7-9-13(18)10-8-12/h7-10,16,21H,4-6,11H2,1-3H3. The number of nitrogens with zero attached hydrogens (tertiary/aromatic N) is 2. The number of rotatable bonds is 6. The number of hydrogen-bond acceptors (Lipinski definition) is 2. The van der Waals surface area contributed by atoms with E-state index in [0.29, 0.717) is 13.0 Å². The molecule has 1 aromatic carbocycles. The zero-order valence-electron chi connectivity index (χ0n) is 12.9. The number of hydrogen-bond donors (Lipinski definition) is 1. The molecule has 2 aromatic rings. The first-order chi connectivity index (χ1) is 10.1. The Morgan fingerprint density at radius 2 is 1.81 bits per heavy atom. The van der Waals surface area contributed by atoms with Gasteiger partial charge in [-0.25, -0.2) is 4.39 Å². The number of benzene rings is 1. The van der Waals surface area contributed by atoms with Crippen LogP contribution in [0.5, 0.6) is 0 Å². The van der Waals surface area contributed by atoms with Crippen molar-refractivity contribution in [2.24, 2.45) is 0 Å². The third kappa shape index (κ3) is 3.32. The quantitative estimate of drug-likeness (QED) is 0.882. The maximum absolute atomic E-state index is 13.0. The third-order valence-corrected chi connectivity index (χ3v) is 3.81. The first-order valence-electron chi connectivity index (χ1n) is 7.61. The van der Waals surface area contributed by atoms with Crippen LogP contribution < -0.4 is 0 Å². The van der Waals surface area contributed by atoms with Crippen LogP contribution in [-0.4, -0.2) is 14.9 Å². The number of aromatic nitrogens is 2. The summed E-state index contributed by atoms with van der Waals surface area (Å²) in [4.78, 5) is 0. The largest absolute Gasteiger partial charge is 0.388 e. The number of aliphatic hydroxyl groups excluding tert-OH is 1. The van der Waals surface area contributed by atoms with Gasteiger partial charge in [-0.3, -0.25) is 4.68 Å². The molecule has 0 radical (unpaired) electrons. The zero-order valence-corrected chi connectivity index (χ0v) is 12.9.